The van der Waals surface area contributed by atoms with E-state index in [0.717, 1.165) is 56.5 Å². The predicted molar refractivity (Wildman–Crippen MR) is 107 cm³/mol. The fourth-order valence-electron chi connectivity index (χ4n) is 4.25. The Kier molecular flexibility index (Phi) is 6.01. The standard InChI is InChI=1S/C23H28FN3O/c24-20-9-2-1-6-19(20)16-27-14-11-17(12-15-27)22(21-10-3-4-13-25-21)26-23(28)18-7-5-8-18/h1-4,6,9-10,13,17-18,22H,5,7-8,11-12,14-16H2,(H,26,28)/t22-/m1/s1. The van der Waals surface area contributed by atoms with E-state index in [0.29, 0.717) is 12.5 Å². The van der Waals surface area contributed by atoms with Gasteiger partial charge in [-0.1, -0.05) is 30.7 Å². The van der Waals surface area contributed by atoms with Crippen molar-refractivity contribution in [3.8, 4) is 0 Å². The molecule has 2 fully saturated rings. The van der Waals surface area contributed by atoms with Gasteiger partial charge in [0.15, 0.2) is 0 Å². The number of aromatic nitrogens is 1. The van der Waals surface area contributed by atoms with Crippen molar-refractivity contribution in [3.05, 3.63) is 65.7 Å². The van der Waals surface area contributed by atoms with Crippen molar-refractivity contribution in [2.45, 2.75) is 44.7 Å². The third kappa shape index (κ3) is 4.41. The van der Waals surface area contributed by atoms with Gasteiger partial charge >= 0.3 is 0 Å². The van der Waals surface area contributed by atoms with E-state index in [1.54, 1.807) is 12.3 Å². The van der Waals surface area contributed by atoms with Gasteiger partial charge in [0.2, 0.25) is 5.91 Å². The molecular formula is C23H28FN3O. The number of hydrogen-bond donors (Lipinski definition) is 1. The van der Waals surface area contributed by atoms with E-state index >= 15 is 0 Å². The number of carbonyl (C=O) groups excluding carboxylic acids is 1. The number of benzene rings is 1. The van der Waals surface area contributed by atoms with Gasteiger partial charge in [0.25, 0.3) is 0 Å². The summed E-state index contributed by atoms with van der Waals surface area (Å²) < 4.78 is 13.9. The van der Waals surface area contributed by atoms with Crippen molar-refractivity contribution in [2.24, 2.45) is 11.8 Å². The summed E-state index contributed by atoms with van der Waals surface area (Å²) in [4.78, 5) is 19.4. The zero-order chi connectivity index (χ0) is 19.3. The Morgan fingerprint density at radius 2 is 1.86 bits per heavy atom. The number of nitrogens with zero attached hydrogens (tertiary/aromatic N) is 2. The fraction of sp³-hybridized carbons (Fsp3) is 0.478. The Morgan fingerprint density at radius 3 is 2.50 bits per heavy atom. The van der Waals surface area contributed by atoms with E-state index < -0.39 is 0 Å². The highest BCUT2D eigenvalue weighted by molar-refractivity contribution is 5.79. The first-order valence-corrected chi connectivity index (χ1v) is 10.4. The lowest BCUT2D eigenvalue weighted by Gasteiger charge is -2.37. The molecular weight excluding hydrogens is 353 g/mol. The molecule has 0 unspecified atom stereocenters. The maximum atomic E-state index is 13.9. The minimum absolute atomic E-state index is 0.0371. The molecule has 1 aromatic carbocycles. The number of carbonyl (C=O) groups is 1. The van der Waals surface area contributed by atoms with Crippen molar-refractivity contribution in [1.82, 2.24) is 15.2 Å². The average Bonchev–Trinajstić information content (AvgIpc) is 2.68. The number of halogens is 1. The van der Waals surface area contributed by atoms with Gasteiger partial charge in [-0.05, 0) is 62.9 Å². The number of pyridine rings is 1. The topological polar surface area (TPSA) is 45.2 Å². The Labute approximate surface area is 166 Å². The van der Waals surface area contributed by atoms with Gasteiger partial charge < -0.3 is 5.32 Å². The van der Waals surface area contributed by atoms with Gasteiger partial charge in [0, 0.05) is 24.2 Å². The molecule has 1 saturated heterocycles. The van der Waals surface area contributed by atoms with Crippen LogP contribution in [-0.2, 0) is 11.3 Å². The van der Waals surface area contributed by atoms with E-state index in [2.05, 4.69) is 15.2 Å². The largest absolute Gasteiger partial charge is 0.347 e. The Bertz CT molecular complexity index is 785. The molecule has 4 nitrogen and oxygen atoms in total. The SMILES string of the molecule is O=C(N[C@@H](c1ccccn1)C1CCN(Cc2ccccc2F)CC1)C1CCC1. The lowest BCUT2D eigenvalue weighted by Crippen LogP contribution is -2.43. The molecule has 0 spiro atoms. The highest BCUT2D eigenvalue weighted by Crippen LogP contribution is 2.33. The van der Waals surface area contributed by atoms with Crippen LogP contribution in [0.4, 0.5) is 4.39 Å². The lowest BCUT2D eigenvalue weighted by molar-refractivity contribution is -0.128. The molecule has 2 aliphatic rings. The predicted octanol–water partition coefficient (Wildman–Crippen LogP) is 4.09. The quantitative estimate of drug-likeness (QED) is 0.820. The van der Waals surface area contributed by atoms with Crippen LogP contribution in [-0.4, -0.2) is 28.9 Å². The van der Waals surface area contributed by atoms with Crippen molar-refractivity contribution in [2.75, 3.05) is 13.1 Å². The molecule has 1 aromatic heterocycles. The molecule has 2 aromatic rings. The summed E-state index contributed by atoms with van der Waals surface area (Å²) in [6.07, 6.45) is 6.90. The molecule has 28 heavy (non-hydrogen) atoms. The van der Waals surface area contributed by atoms with E-state index in [-0.39, 0.29) is 23.7 Å². The zero-order valence-corrected chi connectivity index (χ0v) is 16.2. The van der Waals surface area contributed by atoms with E-state index in [1.807, 2.05) is 30.3 Å². The van der Waals surface area contributed by atoms with Crippen molar-refractivity contribution >= 4 is 5.91 Å². The monoisotopic (exact) mass is 381 g/mol. The first-order valence-electron chi connectivity index (χ1n) is 10.4. The Hall–Kier alpha value is -2.27. The summed E-state index contributed by atoms with van der Waals surface area (Å²) in [6, 6.07) is 12.9. The zero-order valence-electron chi connectivity index (χ0n) is 16.2. The number of amides is 1. The van der Waals surface area contributed by atoms with Gasteiger partial charge in [-0.15, -0.1) is 0 Å². The van der Waals surface area contributed by atoms with Crippen LogP contribution in [0.3, 0.4) is 0 Å². The van der Waals surface area contributed by atoms with E-state index in [4.69, 9.17) is 0 Å². The third-order valence-electron chi connectivity index (χ3n) is 6.24. The van der Waals surface area contributed by atoms with Crippen LogP contribution in [0.25, 0.3) is 0 Å². The van der Waals surface area contributed by atoms with E-state index in [1.165, 1.54) is 6.07 Å². The smallest absolute Gasteiger partial charge is 0.223 e. The van der Waals surface area contributed by atoms with Gasteiger partial charge in [-0.25, -0.2) is 4.39 Å². The van der Waals surface area contributed by atoms with Crippen LogP contribution in [0.5, 0.6) is 0 Å². The van der Waals surface area contributed by atoms with Crippen LogP contribution >= 0.6 is 0 Å². The molecule has 2 heterocycles. The molecule has 5 heteroatoms. The summed E-state index contributed by atoms with van der Waals surface area (Å²) in [6.45, 7) is 2.45. The number of nitrogens with one attached hydrogen (secondary N) is 1. The van der Waals surface area contributed by atoms with Gasteiger partial charge in [0.05, 0.1) is 11.7 Å². The number of likely N-dealkylation sites (tertiary alicyclic amines) is 1. The van der Waals surface area contributed by atoms with Crippen LogP contribution in [0.1, 0.15) is 49.4 Å². The molecule has 148 valence electrons. The van der Waals surface area contributed by atoms with Crippen LogP contribution < -0.4 is 5.32 Å². The minimum atomic E-state index is -0.135. The molecule has 1 aliphatic heterocycles. The summed E-state index contributed by atoms with van der Waals surface area (Å²) in [5.41, 5.74) is 1.70. The van der Waals surface area contributed by atoms with Gasteiger partial charge in [-0.2, -0.15) is 0 Å². The Balaban J connectivity index is 1.40. The maximum Gasteiger partial charge on any atom is 0.223 e. The Morgan fingerprint density at radius 1 is 1.11 bits per heavy atom. The second-order valence-electron chi connectivity index (χ2n) is 8.07. The second kappa shape index (κ2) is 8.82. The normalized spacial score (nSPS) is 19.8. The highest BCUT2D eigenvalue weighted by Gasteiger charge is 2.33. The molecule has 4 rings (SSSR count). The summed E-state index contributed by atoms with van der Waals surface area (Å²) in [5.74, 6) is 0.572. The summed E-state index contributed by atoms with van der Waals surface area (Å²) >= 11 is 0. The number of piperidine rings is 1. The number of hydrogen-bond acceptors (Lipinski definition) is 3. The van der Waals surface area contributed by atoms with Crippen molar-refractivity contribution in [3.63, 3.8) is 0 Å². The lowest BCUT2D eigenvalue weighted by atomic mass is 9.83. The van der Waals surface area contributed by atoms with Crippen LogP contribution in [0.2, 0.25) is 0 Å². The molecule has 0 radical (unpaired) electrons. The molecule has 1 saturated carbocycles. The van der Waals surface area contributed by atoms with Gasteiger partial charge in [0.1, 0.15) is 5.82 Å². The number of rotatable bonds is 6. The highest BCUT2D eigenvalue weighted by atomic mass is 19.1. The fourth-order valence-corrected chi connectivity index (χ4v) is 4.25. The first-order chi connectivity index (χ1) is 13.7. The molecule has 1 amide bonds. The molecule has 0 bridgehead atoms. The molecule has 1 atom stereocenters. The van der Waals surface area contributed by atoms with Gasteiger partial charge in [-0.3, -0.25) is 14.7 Å². The molecule has 1 N–H and O–H groups in total. The third-order valence-corrected chi connectivity index (χ3v) is 6.24. The second-order valence-corrected chi connectivity index (χ2v) is 8.07. The van der Waals surface area contributed by atoms with Crippen molar-refractivity contribution in [1.29, 1.82) is 0 Å². The van der Waals surface area contributed by atoms with Crippen LogP contribution in [0, 0.1) is 17.7 Å². The average molecular weight is 381 g/mol. The van der Waals surface area contributed by atoms with Crippen LogP contribution in [0.15, 0.2) is 48.7 Å². The van der Waals surface area contributed by atoms with E-state index in [9.17, 15) is 9.18 Å². The first kappa shape index (κ1) is 19.1. The maximum absolute atomic E-state index is 13.9. The summed E-state index contributed by atoms with van der Waals surface area (Å²) in [5, 5.41) is 3.30. The minimum Gasteiger partial charge on any atom is -0.347 e. The summed E-state index contributed by atoms with van der Waals surface area (Å²) in [7, 11) is 0. The van der Waals surface area contributed by atoms with Crippen molar-refractivity contribution < 1.29 is 9.18 Å². The molecule has 1 aliphatic carbocycles.